The number of esters is 1. The summed E-state index contributed by atoms with van der Waals surface area (Å²) in [5, 5.41) is 0. The molecule has 4 aliphatic carbocycles. The third-order valence-corrected chi connectivity index (χ3v) is 8.95. The number of aldehydes is 1. The number of ether oxygens (including phenoxy) is 1. The maximum Gasteiger partial charge on any atom is 0.308 e. The highest BCUT2D eigenvalue weighted by Gasteiger charge is 2.65. The molecule has 24 heavy (non-hydrogen) atoms. The van der Waals surface area contributed by atoms with Gasteiger partial charge in [0.1, 0.15) is 6.29 Å². The highest BCUT2D eigenvalue weighted by Crippen LogP contribution is 2.72. The van der Waals surface area contributed by atoms with E-state index in [4.69, 9.17) is 4.74 Å². The van der Waals surface area contributed by atoms with Gasteiger partial charge in [0.2, 0.25) is 0 Å². The number of carbonyl (C=O) groups excluding carboxylic acids is 2. The van der Waals surface area contributed by atoms with Crippen molar-refractivity contribution in [1.82, 2.24) is 0 Å². The van der Waals surface area contributed by atoms with Crippen molar-refractivity contribution >= 4 is 12.3 Å². The van der Waals surface area contributed by atoms with Crippen molar-refractivity contribution in [2.75, 3.05) is 7.11 Å². The number of carbonyl (C=O) groups is 2. The highest BCUT2D eigenvalue weighted by molar-refractivity contribution is 5.73. The van der Waals surface area contributed by atoms with E-state index in [0.29, 0.717) is 23.2 Å². The zero-order valence-corrected chi connectivity index (χ0v) is 15.5. The first-order chi connectivity index (χ1) is 11.4. The fraction of sp³-hybridized carbons (Fsp3) is 0.905. The molecule has 4 fully saturated rings. The topological polar surface area (TPSA) is 43.4 Å². The van der Waals surface area contributed by atoms with Gasteiger partial charge in [-0.1, -0.05) is 20.3 Å². The zero-order chi connectivity index (χ0) is 17.2. The first-order valence-corrected chi connectivity index (χ1v) is 9.93. The predicted molar refractivity (Wildman–Crippen MR) is 92.2 cm³/mol. The van der Waals surface area contributed by atoms with Crippen molar-refractivity contribution in [1.29, 1.82) is 0 Å². The Bertz CT molecular complexity index is 557. The van der Waals surface area contributed by atoms with Gasteiger partial charge in [-0.15, -0.1) is 0 Å². The van der Waals surface area contributed by atoms with Crippen molar-refractivity contribution in [2.24, 2.45) is 39.9 Å². The zero-order valence-electron chi connectivity index (χ0n) is 15.5. The molecule has 0 aromatic carbocycles. The van der Waals surface area contributed by atoms with Crippen LogP contribution in [0.3, 0.4) is 0 Å². The van der Waals surface area contributed by atoms with Crippen LogP contribution in [-0.2, 0) is 14.3 Å². The molecule has 134 valence electrons. The monoisotopic (exact) mass is 332 g/mol. The van der Waals surface area contributed by atoms with Gasteiger partial charge in [-0.05, 0) is 80.0 Å². The van der Waals surface area contributed by atoms with Gasteiger partial charge in [-0.25, -0.2) is 0 Å². The SMILES string of the molecule is COC(=O)[C@@H]1C[C@@]23CC[C@H]4[C@@](C)(CCC[C@@]4(C)C=O)[C@H]2CC[C@@H]1C3. The first-order valence-electron chi connectivity index (χ1n) is 9.93. The van der Waals surface area contributed by atoms with E-state index in [9.17, 15) is 9.59 Å². The first kappa shape index (κ1) is 16.6. The smallest absolute Gasteiger partial charge is 0.308 e. The van der Waals surface area contributed by atoms with Crippen LogP contribution < -0.4 is 0 Å². The summed E-state index contributed by atoms with van der Waals surface area (Å²) in [5.74, 6) is 1.90. The molecule has 0 aliphatic heterocycles. The fourth-order valence-corrected chi connectivity index (χ4v) is 8.06. The van der Waals surface area contributed by atoms with Crippen LogP contribution in [0.2, 0.25) is 0 Å². The van der Waals surface area contributed by atoms with E-state index in [1.54, 1.807) is 0 Å². The second-order valence-electron chi connectivity index (χ2n) is 9.86. The molecular weight excluding hydrogens is 300 g/mol. The fourth-order valence-electron chi connectivity index (χ4n) is 8.06. The molecule has 0 amide bonds. The van der Waals surface area contributed by atoms with E-state index in [1.807, 2.05) is 0 Å². The Morgan fingerprint density at radius 3 is 2.54 bits per heavy atom. The summed E-state index contributed by atoms with van der Waals surface area (Å²) in [5.41, 5.74) is 0.488. The number of rotatable bonds is 2. The lowest BCUT2D eigenvalue weighted by atomic mass is 9.41. The van der Waals surface area contributed by atoms with Crippen LogP contribution in [0.1, 0.15) is 71.6 Å². The summed E-state index contributed by atoms with van der Waals surface area (Å²) >= 11 is 0. The van der Waals surface area contributed by atoms with Gasteiger partial charge in [0.05, 0.1) is 13.0 Å². The van der Waals surface area contributed by atoms with Gasteiger partial charge >= 0.3 is 5.97 Å². The van der Waals surface area contributed by atoms with Crippen LogP contribution in [0, 0.1) is 39.9 Å². The highest BCUT2D eigenvalue weighted by atomic mass is 16.5. The average Bonchev–Trinajstić information content (AvgIpc) is 2.84. The second-order valence-corrected chi connectivity index (χ2v) is 9.86. The molecule has 3 heteroatoms. The van der Waals surface area contributed by atoms with E-state index >= 15 is 0 Å². The number of hydrogen-bond donors (Lipinski definition) is 0. The van der Waals surface area contributed by atoms with E-state index < -0.39 is 0 Å². The molecule has 0 aromatic heterocycles. The molecule has 1 spiro atoms. The third-order valence-electron chi connectivity index (χ3n) is 8.95. The van der Waals surface area contributed by atoms with Crippen molar-refractivity contribution in [3.05, 3.63) is 0 Å². The van der Waals surface area contributed by atoms with Crippen LogP contribution >= 0.6 is 0 Å². The van der Waals surface area contributed by atoms with Gasteiger partial charge in [0.25, 0.3) is 0 Å². The van der Waals surface area contributed by atoms with Gasteiger partial charge in [-0.3, -0.25) is 4.79 Å². The summed E-state index contributed by atoms with van der Waals surface area (Å²) in [4.78, 5) is 24.2. The number of methoxy groups -OCH3 is 1. The summed E-state index contributed by atoms with van der Waals surface area (Å²) in [6, 6.07) is 0. The molecule has 0 saturated heterocycles. The largest absolute Gasteiger partial charge is 0.469 e. The quantitative estimate of drug-likeness (QED) is 0.556. The van der Waals surface area contributed by atoms with Gasteiger partial charge in [0.15, 0.2) is 0 Å². The lowest BCUT2D eigenvalue weighted by molar-refractivity contribution is -0.157. The van der Waals surface area contributed by atoms with Crippen molar-refractivity contribution in [3.63, 3.8) is 0 Å². The Morgan fingerprint density at radius 2 is 1.83 bits per heavy atom. The normalized spacial score (nSPS) is 53.0. The van der Waals surface area contributed by atoms with Gasteiger partial charge in [-0.2, -0.15) is 0 Å². The van der Waals surface area contributed by atoms with Crippen LogP contribution in [-0.4, -0.2) is 19.4 Å². The Hall–Kier alpha value is -0.860. The Morgan fingerprint density at radius 1 is 1.04 bits per heavy atom. The predicted octanol–water partition coefficient (Wildman–Crippen LogP) is 4.39. The second kappa shape index (κ2) is 5.32. The van der Waals surface area contributed by atoms with Gasteiger partial charge in [0, 0.05) is 5.41 Å². The van der Waals surface area contributed by atoms with Crippen LogP contribution in [0.4, 0.5) is 0 Å². The van der Waals surface area contributed by atoms with E-state index in [-0.39, 0.29) is 22.7 Å². The molecule has 4 saturated carbocycles. The summed E-state index contributed by atoms with van der Waals surface area (Å²) < 4.78 is 5.12. The number of fused-ring (bicyclic) bond motifs is 3. The van der Waals surface area contributed by atoms with E-state index in [0.717, 1.165) is 12.8 Å². The van der Waals surface area contributed by atoms with E-state index in [1.165, 1.54) is 58.3 Å². The minimum absolute atomic E-state index is 0.0196. The molecule has 2 bridgehead atoms. The van der Waals surface area contributed by atoms with E-state index in [2.05, 4.69) is 13.8 Å². The van der Waals surface area contributed by atoms with Gasteiger partial charge < -0.3 is 9.53 Å². The molecule has 3 nitrogen and oxygen atoms in total. The van der Waals surface area contributed by atoms with Crippen LogP contribution in [0.5, 0.6) is 0 Å². The number of hydrogen-bond acceptors (Lipinski definition) is 3. The lowest BCUT2D eigenvalue weighted by Gasteiger charge is -2.63. The minimum Gasteiger partial charge on any atom is -0.469 e. The Kier molecular flexibility index (Phi) is 3.68. The van der Waals surface area contributed by atoms with Crippen LogP contribution in [0.25, 0.3) is 0 Å². The molecule has 0 aromatic rings. The lowest BCUT2D eigenvalue weighted by Crippen LogP contribution is -2.56. The minimum atomic E-state index is -0.133. The molecule has 4 aliphatic rings. The summed E-state index contributed by atoms with van der Waals surface area (Å²) in [7, 11) is 1.54. The third kappa shape index (κ3) is 2.02. The Balaban J connectivity index is 1.68. The molecule has 4 rings (SSSR count). The summed E-state index contributed by atoms with van der Waals surface area (Å²) in [6.45, 7) is 4.69. The molecule has 0 radical (unpaired) electrons. The van der Waals surface area contributed by atoms with Crippen LogP contribution in [0.15, 0.2) is 0 Å². The molecule has 7 atom stereocenters. The standard InChI is InChI=1S/C21H32O3/c1-19(13-22)8-4-9-20(2)16(19)7-10-21-11-14(5-6-17(20)21)15(12-21)18(23)24-3/h13-17H,4-12H2,1-3H3/t14-,15-,16-,17-,19+,20-,21+/m1/s1. The van der Waals surface area contributed by atoms with Crippen molar-refractivity contribution in [3.8, 4) is 0 Å². The molecular formula is C21H32O3. The molecule has 0 heterocycles. The van der Waals surface area contributed by atoms with Crippen molar-refractivity contribution in [2.45, 2.75) is 71.6 Å². The summed E-state index contributed by atoms with van der Waals surface area (Å²) in [6.07, 6.45) is 11.8. The Labute approximate surface area is 145 Å². The average molecular weight is 332 g/mol. The molecule has 0 N–H and O–H groups in total. The maximum atomic E-state index is 12.3. The molecule has 0 unspecified atom stereocenters. The maximum absolute atomic E-state index is 12.3. The van der Waals surface area contributed by atoms with Crippen molar-refractivity contribution < 1.29 is 14.3 Å².